The Bertz CT molecular complexity index is 584. The number of rotatable bonds is 5. The van der Waals surface area contributed by atoms with E-state index >= 15 is 0 Å². The van der Waals surface area contributed by atoms with E-state index in [4.69, 9.17) is 4.74 Å². The van der Waals surface area contributed by atoms with Gasteiger partial charge in [-0.25, -0.2) is 4.79 Å². The first kappa shape index (κ1) is 12.8. The monoisotopic (exact) mass is 262 g/mol. The average Bonchev–Trinajstić information content (AvgIpc) is 2.74. The number of ether oxygens (including phenoxy) is 1. The lowest BCUT2D eigenvalue weighted by Crippen LogP contribution is -2.00. The Hall–Kier alpha value is -1.65. The molecule has 18 heavy (non-hydrogen) atoms. The molecule has 0 aliphatic carbocycles. The summed E-state index contributed by atoms with van der Waals surface area (Å²) in [4.78, 5) is 11.6. The van der Waals surface area contributed by atoms with Crippen LogP contribution < -0.4 is 0 Å². The summed E-state index contributed by atoms with van der Waals surface area (Å²) < 4.78 is 6.46. The fraction of sp³-hybridized carbons (Fsp3) is 0.214. The number of hydrogen-bond donors (Lipinski definition) is 1. The SMILES string of the molecule is CC=CCOCc1c(C(=O)O)sc2ccccc12. The first-order chi connectivity index (χ1) is 8.74. The standard InChI is InChI=1S/C14H14O3S/c1-2-3-8-17-9-11-10-6-4-5-7-12(10)18-13(11)14(15)16/h2-7H,8-9H2,1H3,(H,15,16). The minimum absolute atomic E-state index is 0.329. The third-order valence-corrected chi connectivity index (χ3v) is 3.79. The van der Waals surface area contributed by atoms with Gasteiger partial charge < -0.3 is 9.84 Å². The van der Waals surface area contributed by atoms with Gasteiger partial charge in [0.05, 0.1) is 13.2 Å². The summed E-state index contributed by atoms with van der Waals surface area (Å²) in [6.07, 6.45) is 3.80. The minimum Gasteiger partial charge on any atom is -0.477 e. The largest absolute Gasteiger partial charge is 0.477 e. The van der Waals surface area contributed by atoms with E-state index < -0.39 is 5.97 Å². The molecule has 94 valence electrons. The van der Waals surface area contributed by atoms with E-state index in [1.54, 1.807) is 0 Å². The number of thiophene rings is 1. The molecule has 0 aliphatic rings. The Morgan fingerprint density at radius 3 is 2.94 bits per heavy atom. The molecule has 2 aromatic rings. The molecule has 0 atom stereocenters. The summed E-state index contributed by atoms with van der Waals surface area (Å²) >= 11 is 1.30. The molecule has 0 radical (unpaired) electrons. The van der Waals surface area contributed by atoms with Crippen molar-refractivity contribution in [2.75, 3.05) is 6.61 Å². The lowest BCUT2D eigenvalue weighted by Gasteiger charge is -2.02. The second-order valence-electron chi connectivity index (χ2n) is 3.80. The summed E-state index contributed by atoms with van der Waals surface area (Å²) in [6.45, 7) is 2.75. The molecule has 1 heterocycles. The number of allylic oxidation sites excluding steroid dienone is 1. The van der Waals surface area contributed by atoms with Gasteiger partial charge in [0.2, 0.25) is 0 Å². The van der Waals surface area contributed by atoms with Crippen molar-refractivity contribution in [2.45, 2.75) is 13.5 Å². The van der Waals surface area contributed by atoms with Crippen LogP contribution in [-0.2, 0) is 11.3 Å². The van der Waals surface area contributed by atoms with Gasteiger partial charge in [0.25, 0.3) is 0 Å². The molecule has 0 aliphatic heterocycles. The second kappa shape index (κ2) is 5.80. The molecule has 0 unspecified atom stereocenters. The Kier molecular flexibility index (Phi) is 4.12. The molecule has 0 amide bonds. The van der Waals surface area contributed by atoms with Crippen LogP contribution in [0.2, 0.25) is 0 Å². The van der Waals surface area contributed by atoms with Gasteiger partial charge in [0.15, 0.2) is 0 Å². The topological polar surface area (TPSA) is 46.5 Å². The van der Waals surface area contributed by atoms with Gasteiger partial charge in [-0.3, -0.25) is 0 Å². The number of carbonyl (C=O) groups is 1. The highest BCUT2D eigenvalue weighted by molar-refractivity contribution is 7.21. The van der Waals surface area contributed by atoms with E-state index in [0.29, 0.717) is 18.1 Å². The summed E-state index contributed by atoms with van der Waals surface area (Å²) in [5.41, 5.74) is 0.771. The van der Waals surface area contributed by atoms with Gasteiger partial charge in [-0.1, -0.05) is 30.4 Å². The molecule has 3 nitrogen and oxygen atoms in total. The molecule has 0 spiro atoms. The van der Waals surface area contributed by atoms with E-state index in [-0.39, 0.29) is 0 Å². The zero-order valence-corrected chi connectivity index (χ0v) is 10.9. The van der Waals surface area contributed by atoms with Crippen LogP contribution in [0.15, 0.2) is 36.4 Å². The van der Waals surface area contributed by atoms with Crippen LogP contribution >= 0.6 is 11.3 Å². The maximum atomic E-state index is 11.2. The smallest absolute Gasteiger partial charge is 0.346 e. The predicted octanol–water partition coefficient (Wildman–Crippen LogP) is 3.69. The molecular weight excluding hydrogens is 248 g/mol. The molecule has 4 heteroatoms. The van der Waals surface area contributed by atoms with E-state index in [1.165, 1.54) is 11.3 Å². The van der Waals surface area contributed by atoms with Crippen molar-refractivity contribution in [1.82, 2.24) is 0 Å². The van der Waals surface area contributed by atoms with Crippen LogP contribution in [0.1, 0.15) is 22.2 Å². The van der Waals surface area contributed by atoms with Crippen LogP contribution in [0.25, 0.3) is 10.1 Å². The van der Waals surface area contributed by atoms with Crippen molar-refractivity contribution in [1.29, 1.82) is 0 Å². The number of carboxylic acids is 1. The van der Waals surface area contributed by atoms with E-state index in [0.717, 1.165) is 15.6 Å². The maximum Gasteiger partial charge on any atom is 0.346 e. The number of aromatic carboxylic acids is 1. The Morgan fingerprint density at radius 2 is 2.22 bits per heavy atom. The van der Waals surface area contributed by atoms with Crippen molar-refractivity contribution < 1.29 is 14.6 Å². The molecule has 0 fully saturated rings. The summed E-state index contributed by atoms with van der Waals surface area (Å²) in [5.74, 6) is -0.888. The van der Waals surface area contributed by atoms with Crippen molar-refractivity contribution in [3.63, 3.8) is 0 Å². The van der Waals surface area contributed by atoms with Gasteiger partial charge in [0, 0.05) is 10.3 Å². The van der Waals surface area contributed by atoms with Gasteiger partial charge in [-0.2, -0.15) is 0 Å². The van der Waals surface area contributed by atoms with E-state index in [2.05, 4.69) is 0 Å². The van der Waals surface area contributed by atoms with E-state index in [9.17, 15) is 9.90 Å². The Labute approximate surface area is 109 Å². The lowest BCUT2D eigenvalue weighted by molar-refractivity contribution is 0.0696. The first-order valence-corrected chi connectivity index (χ1v) is 6.48. The molecule has 0 bridgehead atoms. The van der Waals surface area contributed by atoms with Crippen molar-refractivity contribution in [2.24, 2.45) is 0 Å². The number of hydrogen-bond acceptors (Lipinski definition) is 3. The Morgan fingerprint density at radius 1 is 1.44 bits per heavy atom. The lowest BCUT2D eigenvalue weighted by atomic mass is 10.1. The molecule has 0 saturated heterocycles. The first-order valence-electron chi connectivity index (χ1n) is 5.66. The molecule has 1 N–H and O–H groups in total. The minimum atomic E-state index is -0.888. The highest BCUT2D eigenvalue weighted by Crippen LogP contribution is 2.31. The molecule has 1 aromatic heterocycles. The van der Waals surface area contributed by atoms with E-state index in [1.807, 2.05) is 43.3 Å². The molecule has 1 aromatic carbocycles. The van der Waals surface area contributed by atoms with Crippen LogP contribution in [0, 0.1) is 0 Å². The van der Waals surface area contributed by atoms with Gasteiger partial charge in [-0.15, -0.1) is 11.3 Å². The highest BCUT2D eigenvalue weighted by atomic mass is 32.1. The van der Waals surface area contributed by atoms with Gasteiger partial charge >= 0.3 is 5.97 Å². The predicted molar refractivity (Wildman–Crippen MR) is 73.3 cm³/mol. The average molecular weight is 262 g/mol. The fourth-order valence-electron chi connectivity index (χ4n) is 1.74. The highest BCUT2D eigenvalue weighted by Gasteiger charge is 2.17. The third kappa shape index (κ3) is 2.60. The van der Waals surface area contributed by atoms with Crippen LogP contribution in [0.5, 0.6) is 0 Å². The van der Waals surface area contributed by atoms with Crippen molar-refractivity contribution >= 4 is 27.4 Å². The number of fused-ring (bicyclic) bond motifs is 1. The van der Waals surface area contributed by atoms with Gasteiger partial charge in [-0.05, 0) is 18.4 Å². The summed E-state index contributed by atoms with van der Waals surface area (Å²) in [7, 11) is 0. The number of benzene rings is 1. The zero-order chi connectivity index (χ0) is 13.0. The van der Waals surface area contributed by atoms with Crippen LogP contribution in [-0.4, -0.2) is 17.7 Å². The van der Waals surface area contributed by atoms with Gasteiger partial charge in [0.1, 0.15) is 4.88 Å². The second-order valence-corrected chi connectivity index (χ2v) is 4.85. The fourth-order valence-corrected chi connectivity index (χ4v) is 2.79. The third-order valence-electron chi connectivity index (χ3n) is 2.59. The van der Waals surface area contributed by atoms with Crippen molar-refractivity contribution in [3.05, 3.63) is 46.9 Å². The normalized spacial score (nSPS) is 11.4. The Balaban J connectivity index is 2.33. The van der Waals surface area contributed by atoms with Crippen LogP contribution in [0.4, 0.5) is 0 Å². The molecule has 0 saturated carbocycles. The zero-order valence-electron chi connectivity index (χ0n) is 10.1. The number of carboxylic acid groups (broad SMARTS) is 1. The molecule has 2 rings (SSSR count). The summed E-state index contributed by atoms with van der Waals surface area (Å²) in [5, 5.41) is 10.2. The maximum absolute atomic E-state index is 11.2. The van der Waals surface area contributed by atoms with Crippen molar-refractivity contribution in [3.8, 4) is 0 Å². The quantitative estimate of drug-likeness (QED) is 0.660. The summed E-state index contributed by atoms with van der Waals surface area (Å²) in [6, 6.07) is 7.69. The van der Waals surface area contributed by atoms with Crippen LogP contribution in [0.3, 0.4) is 0 Å². The molecular formula is C14H14O3S.